The lowest BCUT2D eigenvalue weighted by Gasteiger charge is -2.21. The fraction of sp³-hybridized carbons (Fsp3) is 0.435. The minimum Gasteiger partial charge on any atom is -0.481 e. The summed E-state index contributed by atoms with van der Waals surface area (Å²) in [7, 11) is 0. The lowest BCUT2D eigenvalue weighted by molar-refractivity contribution is -0.143. The van der Waals surface area contributed by atoms with Crippen LogP contribution in [0.4, 0.5) is 0 Å². The molecule has 0 saturated heterocycles. The summed E-state index contributed by atoms with van der Waals surface area (Å²) in [6.07, 6.45) is 3.24. The third-order valence-corrected chi connectivity index (χ3v) is 6.05. The predicted octanol–water partition coefficient (Wildman–Crippen LogP) is -0.174. The smallest absolute Gasteiger partial charge is 0.326 e. The molecule has 1 heterocycles. The van der Waals surface area contributed by atoms with Gasteiger partial charge in [0.05, 0.1) is 12.6 Å². The second-order valence-electron chi connectivity index (χ2n) is 8.12. The summed E-state index contributed by atoms with van der Waals surface area (Å²) in [5, 5.41) is 26.3. The normalized spacial score (nSPS) is 13.4. The first-order chi connectivity index (χ1) is 17.1. The zero-order valence-electron chi connectivity index (χ0n) is 19.8. The number of aromatic nitrogens is 1. The minimum atomic E-state index is -1.45. The highest BCUT2D eigenvalue weighted by Crippen LogP contribution is 2.19. The Bertz CT molecular complexity index is 1090. The number of H-pyrrole nitrogens is 1. The maximum absolute atomic E-state index is 13.0. The number of hydrogen-bond acceptors (Lipinski definition) is 7. The maximum atomic E-state index is 13.0. The van der Waals surface area contributed by atoms with E-state index in [1.165, 1.54) is 11.8 Å². The Balaban J connectivity index is 2.13. The van der Waals surface area contributed by atoms with Crippen molar-refractivity contribution in [1.29, 1.82) is 0 Å². The molecule has 0 fully saturated rings. The summed E-state index contributed by atoms with van der Waals surface area (Å²) >= 11 is 1.54. The number of hydrogen-bond donors (Lipinski definition) is 7. The Hall–Kier alpha value is -3.58. The Morgan fingerprint density at radius 3 is 2.42 bits per heavy atom. The zero-order chi connectivity index (χ0) is 26.7. The molecule has 0 aliphatic heterocycles. The molecule has 2 aromatic rings. The molecule has 196 valence electrons. The number of nitrogens with two attached hydrogens (primary N) is 1. The molecule has 3 atom stereocenters. The zero-order valence-corrected chi connectivity index (χ0v) is 20.6. The van der Waals surface area contributed by atoms with Gasteiger partial charge in [-0.15, -0.1) is 0 Å². The maximum Gasteiger partial charge on any atom is 0.326 e. The van der Waals surface area contributed by atoms with Crippen LogP contribution in [0.15, 0.2) is 30.5 Å². The number of aromatic amines is 1. The van der Waals surface area contributed by atoms with E-state index in [2.05, 4.69) is 20.9 Å². The molecule has 0 aliphatic carbocycles. The van der Waals surface area contributed by atoms with Gasteiger partial charge in [-0.05, 0) is 36.5 Å². The monoisotopic (exact) mass is 521 g/mol. The van der Waals surface area contributed by atoms with Crippen molar-refractivity contribution in [1.82, 2.24) is 20.9 Å². The number of amides is 3. The fourth-order valence-electron chi connectivity index (χ4n) is 3.45. The van der Waals surface area contributed by atoms with Crippen molar-refractivity contribution in [2.45, 2.75) is 43.8 Å². The highest BCUT2D eigenvalue weighted by molar-refractivity contribution is 7.98. The number of para-hydroxylation sites is 1. The molecule has 0 aliphatic rings. The fourth-order valence-corrected chi connectivity index (χ4v) is 3.94. The first-order valence-corrected chi connectivity index (χ1v) is 12.6. The van der Waals surface area contributed by atoms with Crippen molar-refractivity contribution in [3.63, 3.8) is 0 Å². The summed E-state index contributed by atoms with van der Waals surface area (Å²) < 4.78 is 0. The lowest BCUT2D eigenvalue weighted by Crippen LogP contribution is -2.54. The number of carbonyl (C=O) groups excluding carboxylic acids is 3. The highest BCUT2D eigenvalue weighted by atomic mass is 32.2. The van der Waals surface area contributed by atoms with Crippen LogP contribution in [0.1, 0.15) is 24.8 Å². The Morgan fingerprint density at radius 1 is 1.03 bits per heavy atom. The minimum absolute atomic E-state index is 0.0219. The molecular formula is C23H31N5O7S. The third-order valence-electron chi connectivity index (χ3n) is 5.41. The average molecular weight is 522 g/mol. The van der Waals surface area contributed by atoms with Crippen molar-refractivity contribution in [3.05, 3.63) is 36.0 Å². The van der Waals surface area contributed by atoms with Gasteiger partial charge in [0, 0.05) is 29.9 Å². The van der Waals surface area contributed by atoms with Gasteiger partial charge >= 0.3 is 11.9 Å². The van der Waals surface area contributed by atoms with Crippen molar-refractivity contribution >= 4 is 52.3 Å². The van der Waals surface area contributed by atoms with E-state index in [0.717, 1.165) is 10.9 Å². The van der Waals surface area contributed by atoms with Crippen LogP contribution in [-0.4, -0.2) is 81.5 Å². The van der Waals surface area contributed by atoms with Crippen LogP contribution in [0.25, 0.3) is 10.9 Å². The molecule has 13 heteroatoms. The van der Waals surface area contributed by atoms with Gasteiger partial charge < -0.3 is 36.9 Å². The molecule has 1 aromatic heterocycles. The molecule has 12 nitrogen and oxygen atoms in total. The number of nitrogens with one attached hydrogen (secondary N) is 4. The van der Waals surface area contributed by atoms with Crippen LogP contribution in [0.2, 0.25) is 0 Å². The van der Waals surface area contributed by atoms with Gasteiger partial charge in [-0.1, -0.05) is 18.2 Å². The van der Waals surface area contributed by atoms with Crippen molar-refractivity contribution in [3.8, 4) is 0 Å². The van der Waals surface area contributed by atoms with E-state index in [0.29, 0.717) is 17.7 Å². The van der Waals surface area contributed by atoms with E-state index in [1.54, 1.807) is 6.20 Å². The highest BCUT2D eigenvalue weighted by Gasteiger charge is 2.28. The molecule has 3 unspecified atom stereocenters. The van der Waals surface area contributed by atoms with E-state index < -0.39 is 60.8 Å². The molecule has 1 aromatic carbocycles. The first-order valence-electron chi connectivity index (χ1n) is 11.2. The second kappa shape index (κ2) is 14.1. The van der Waals surface area contributed by atoms with E-state index in [4.69, 9.17) is 10.8 Å². The van der Waals surface area contributed by atoms with Gasteiger partial charge in [0.25, 0.3) is 0 Å². The Labute approximate surface area is 211 Å². The Morgan fingerprint density at radius 2 is 1.75 bits per heavy atom. The Kier molecular flexibility index (Phi) is 11.2. The third kappa shape index (κ3) is 8.89. The summed E-state index contributed by atoms with van der Waals surface area (Å²) in [5.74, 6) is -3.89. The summed E-state index contributed by atoms with van der Waals surface area (Å²) in [6, 6.07) is 3.91. The first kappa shape index (κ1) is 28.7. The molecule has 0 spiro atoms. The number of carboxylic acids is 2. The number of carbonyl (C=O) groups is 5. The van der Waals surface area contributed by atoms with Crippen LogP contribution >= 0.6 is 11.8 Å². The number of thioether (sulfide) groups is 1. The van der Waals surface area contributed by atoms with Gasteiger partial charge in [0.1, 0.15) is 12.1 Å². The molecule has 2 rings (SSSR count). The van der Waals surface area contributed by atoms with Crippen LogP contribution in [0.5, 0.6) is 0 Å². The summed E-state index contributed by atoms with van der Waals surface area (Å²) in [6.45, 7) is -0.426. The SMILES string of the molecule is CSCCC(N)C(=O)NCC(=O)NC(Cc1c[nH]c2ccccc12)C(=O)NC(CCC(=O)O)C(=O)O. The molecule has 36 heavy (non-hydrogen) atoms. The van der Waals surface area contributed by atoms with Gasteiger partial charge in [0.2, 0.25) is 17.7 Å². The van der Waals surface area contributed by atoms with E-state index in [-0.39, 0.29) is 12.8 Å². The van der Waals surface area contributed by atoms with Crippen LogP contribution in [0, 0.1) is 0 Å². The number of fused-ring (bicyclic) bond motifs is 1. The van der Waals surface area contributed by atoms with Crippen molar-refractivity contribution < 1.29 is 34.2 Å². The van der Waals surface area contributed by atoms with Gasteiger partial charge in [-0.3, -0.25) is 19.2 Å². The van der Waals surface area contributed by atoms with Crippen LogP contribution in [-0.2, 0) is 30.4 Å². The standard InChI is InChI=1S/C23H31N5O7S/c1-36-9-8-15(24)21(32)26-12-19(29)27-18(10-13-11-25-16-5-3-2-4-14(13)16)22(33)28-17(23(34)35)6-7-20(30)31/h2-5,11,15,17-18,25H,6-10,12,24H2,1H3,(H,26,32)(H,27,29)(H,28,33)(H,30,31)(H,34,35). The van der Waals surface area contributed by atoms with Gasteiger partial charge in [-0.2, -0.15) is 11.8 Å². The van der Waals surface area contributed by atoms with Crippen molar-refractivity contribution in [2.24, 2.45) is 5.73 Å². The van der Waals surface area contributed by atoms with Crippen LogP contribution < -0.4 is 21.7 Å². The molecule has 0 saturated carbocycles. The topological polar surface area (TPSA) is 204 Å². The number of rotatable bonds is 15. The number of aliphatic carboxylic acids is 2. The molecular weight excluding hydrogens is 490 g/mol. The van der Waals surface area contributed by atoms with Gasteiger partial charge in [-0.25, -0.2) is 4.79 Å². The molecule has 8 N–H and O–H groups in total. The lowest BCUT2D eigenvalue weighted by atomic mass is 10.0. The van der Waals surface area contributed by atoms with Crippen LogP contribution in [0.3, 0.4) is 0 Å². The van der Waals surface area contributed by atoms with E-state index in [9.17, 15) is 29.1 Å². The van der Waals surface area contributed by atoms with E-state index in [1.807, 2.05) is 30.5 Å². The van der Waals surface area contributed by atoms with E-state index >= 15 is 0 Å². The largest absolute Gasteiger partial charge is 0.481 e. The predicted molar refractivity (Wildman–Crippen MR) is 134 cm³/mol. The number of benzene rings is 1. The second-order valence-corrected chi connectivity index (χ2v) is 9.11. The molecule has 0 radical (unpaired) electrons. The molecule has 0 bridgehead atoms. The molecule has 3 amide bonds. The van der Waals surface area contributed by atoms with Crippen molar-refractivity contribution in [2.75, 3.05) is 18.6 Å². The average Bonchev–Trinajstić information content (AvgIpc) is 3.25. The van der Waals surface area contributed by atoms with Gasteiger partial charge in [0.15, 0.2) is 0 Å². The number of carboxylic acid groups (broad SMARTS) is 2. The summed E-state index contributed by atoms with van der Waals surface area (Å²) in [5.41, 5.74) is 7.31. The quantitative estimate of drug-likeness (QED) is 0.166. The summed E-state index contributed by atoms with van der Waals surface area (Å²) in [4.78, 5) is 63.1.